The van der Waals surface area contributed by atoms with Crippen LogP contribution in [0.15, 0.2) is 49.8 Å². The van der Waals surface area contributed by atoms with Crippen molar-refractivity contribution in [3.05, 3.63) is 70.5 Å². The molecule has 3 heterocycles. The molecule has 1 atom stereocenters. The molecule has 1 saturated carbocycles. The van der Waals surface area contributed by atoms with Crippen molar-refractivity contribution in [3.8, 4) is 11.8 Å². The molecule has 1 unspecified atom stereocenters. The van der Waals surface area contributed by atoms with E-state index in [1.807, 2.05) is 31.2 Å². The first-order valence-electron chi connectivity index (χ1n) is 11.1. The van der Waals surface area contributed by atoms with Crippen molar-refractivity contribution in [2.24, 2.45) is 0 Å². The number of furan rings is 2. The molecule has 3 aromatic heterocycles. The molecule has 9 heteroatoms. The fourth-order valence-corrected chi connectivity index (χ4v) is 3.95. The molecule has 0 saturated heterocycles. The third-order valence-electron chi connectivity index (χ3n) is 6.15. The Hall–Kier alpha value is -4.45. The maximum Gasteiger partial charge on any atom is 0.412 e. The standard InChI is InChI=1S/C26H22N2O7/c1-14-6-4-5-7-19(14)15(2)32-25(31)27-22-16(3)35-28-20(22)9-8-18-12-17-13-21(34-23(17)33-18)26(10-11-26)24(29)30/h4-7,12-13,15H,10-11H2,1-3H3,(H,27,31)(H,29,30). The molecule has 1 amide bonds. The van der Waals surface area contributed by atoms with Crippen molar-refractivity contribution in [1.82, 2.24) is 5.16 Å². The van der Waals surface area contributed by atoms with Crippen LogP contribution in [-0.2, 0) is 14.9 Å². The van der Waals surface area contributed by atoms with Crippen molar-refractivity contribution in [2.75, 3.05) is 5.32 Å². The smallest absolute Gasteiger partial charge is 0.412 e. The number of anilines is 1. The number of aryl methyl sites for hydroxylation is 2. The van der Waals surface area contributed by atoms with Crippen LogP contribution in [0.2, 0.25) is 0 Å². The molecular formula is C26H22N2O7. The molecule has 0 bridgehead atoms. The zero-order chi connectivity index (χ0) is 24.7. The van der Waals surface area contributed by atoms with Gasteiger partial charge in [-0.05, 0) is 62.6 Å². The van der Waals surface area contributed by atoms with Gasteiger partial charge in [0.1, 0.15) is 23.0 Å². The van der Waals surface area contributed by atoms with E-state index >= 15 is 0 Å². The molecule has 1 aliphatic rings. The van der Waals surface area contributed by atoms with Gasteiger partial charge < -0.3 is 23.2 Å². The van der Waals surface area contributed by atoms with Gasteiger partial charge in [0.2, 0.25) is 0 Å². The lowest BCUT2D eigenvalue weighted by molar-refractivity contribution is -0.140. The molecule has 5 rings (SSSR count). The normalized spacial score (nSPS) is 14.7. The molecule has 9 nitrogen and oxygen atoms in total. The first kappa shape index (κ1) is 22.3. The summed E-state index contributed by atoms with van der Waals surface area (Å²) in [6, 6.07) is 11.0. The first-order chi connectivity index (χ1) is 16.8. The van der Waals surface area contributed by atoms with Crippen LogP contribution in [0.25, 0.3) is 11.2 Å². The second-order valence-electron chi connectivity index (χ2n) is 8.59. The molecule has 1 fully saturated rings. The zero-order valence-corrected chi connectivity index (χ0v) is 19.3. The number of nitrogens with zero attached hydrogens (tertiary/aromatic N) is 1. The number of ether oxygens (including phenoxy) is 1. The molecule has 35 heavy (non-hydrogen) atoms. The largest absolute Gasteiger partial charge is 0.480 e. The van der Waals surface area contributed by atoms with Crippen molar-refractivity contribution in [3.63, 3.8) is 0 Å². The summed E-state index contributed by atoms with van der Waals surface area (Å²) in [4.78, 5) is 24.0. The van der Waals surface area contributed by atoms with Gasteiger partial charge in [0, 0.05) is 6.07 Å². The highest BCUT2D eigenvalue weighted by Gasteiger charge is 2.54. The van der Waals surface area contributed by atoms with E-state index in [0.29, 0.717) is 41.2 Å². The van der Waals surface area contributed by atoms with Crippen LogP contribution in [0.5, 0.6) is 0 Å². The highest BCUT2D eigenvalue weighted by molar-refractivity contribution is 5.87. The summed E-state index contributed by atoms with van der Waals surface area (Å²) in [5.74, 6) is 6.01. The van der Waals surface area contributed by atoms with Gasteiger partial charge in [-0.2, -0.15) is 0 Å². The summed E-state index contributed by atoms with van der Waals surface area (Å²) in [7, 11) is 0. The van der Waals surface area contributed by atoms with Gasteiger partial charge in [-0.1, -0.05) is 29.4 Å². The van der Waals surface area contributed by atoms with Gasteiger partial charge in [0.05, 0.1) is 5.39 Å². The number of nitrogens with one attached hydrogen (secondary N) is 1. The van der Waals surface area contributed by atoms with E-state index in [1.165, 1.54) is 0 Å². The summed E-state index contributed by atoms with van der Waals surface area (Å²) in [6.07, 6.45) is -0.0345. The topological polar surface area (TPSA) is 128 Å². The average Bonchev–Trinajstić information content (AvgIpc) is 3.25. The third-order valence-corrected chi connectivity index (χ3v) is 6.15. The number of fused-ring (bicyclic) bond motifs is 1. The van der Waals surface area contributed by atoms with Crippen LogP contribution in [-0.4, -0.2) is 22.3 Å². The maximum absolute atomic E-state index is 12.5. The van der Waals surface area contributed by atoms with Crippen LogP contribution in [0, 0.1) is 25.7 Å². The fourth-order valence-electron chi connectivity index (χ4n) is 3.95. The molecular weight excluding hydrogens is 452 g/mol. The van der Waals surface area contributed by atoms with Gasteiger partial charge in [-0.15, -0.1) is 0 Å². The highest BCUT2D eigenvalue weighted by Crippen LogP contribution is 2.50. The highest BCUT2D eigenvalue weighted by atomic mass is 16.6. The number of carboxylic acids is 1. The van der Waals surface area contributed by atoms with E-state index in [4.69, 9.17) is 18.1 Å². The number of hydrogen-bond donors (Lipinski definition) is 2. The van der Waals surface area contributed by atoms with Crippen LogP contribution in [0.4, 0.5) is 10.5 Å². The van der Waals surface area contributed by atoms with E-state index in [1.54, 1.807) is 26.0 Å². The van der Waals surface area contributed by atoms with Crippen molar-refractivity contribution >= 4 is 28.9 Å². The Bertz CT molecular complexity index is 1480. The molecule has 178 valence electrons. The second-order valence-corrected chi connectivity index (χ2v) is 8.59. The minimum atomic E-state index is -0.947. The quantitative estimate of drug-likeness (QED) is 0.365. The Morgan fingerprint density at radius 1 is 1.17 bits per heavy atom. The van der Waals surface area contributed by atoms with Crippen molar-refractivity contribution in [2.45, 2.75) is 45.1 Å². The lowest BCUT2D eigenvalue weighted by Gasteiger charge is -2.16. The van der Waals surface area contributed by atoms with Crippen LogP contribution < -0.4 is 5.32 Å². The lowest BCUT2D eigenvalue weighted by atomic mass is 10.0. The van der Waals surface area contributed by atoms with E-state index in [0.717, 1.165) is 11.1 Å². The van der Waals surface area contributed by atoms with Crippen molar-refractivity contribution in [1.29, 1.82) is 0 Å². The van der Waals surface area contributed by atoms with E-state index in [2.05, 4.69) is 22.3 Å². The Morgan fingerprint density at radius 3 is 2.63 bits per heavy atom. The summed E-state index contributed by atoms with van der Waals surface area (Å²) in [6.45, 7) is 5.40. The minimum Gasteiger partial charge on any atom is -0.480 e. The Balaban J connectivity index is 1.30. The molecule has 0 radical (unpaired) electrons. The second kappa shape index (κ2) is 8.40. The summed E-state index contributed by atoms with van der Waals surface area (Å²) >= 11 is 0. The SMILES string of the molecule is Cc1ccccc1C(C)OC(=O)Nc1c(C#Cc2cc3cc(C4(C(=O)O)CC4)oc3o2)noc1C. The Labute approximate surface area is 200 Å². The average molecular weight is 474 g/mol. The maximum atomic E-state index is 12.5. The predicted molar refractivity (Wildman–Crippen MR) is 124 cm³/mol. The van der Waals surface area contributed by atoms with Gasteiger partial charge in [0.15, 0.2) is 17.2 Å². The summed E-state index contributed by atoms with van der Waals surface area (Å²) in [5.41, 5.74) is 1.49. The van der Waals surface area contributed by atoms with Crippen molar-refractivity contribution < 1.29 is 32.8 Å². The number of aliphatic carboxylic acids is 1. The number of benzene rings is 1. The van der Waals surface area contributed by atoms with Gasteiger partial charge in [-0.3, -0.25) is 10.1 Å². The third kappa shape index (κ3) is 4.15. The summed E-state index contributed by atoms with van der Waals surface area (Å²) in [5, 5.41) is 16.6. The van der Waals surface area contributed by atoms with Crippen LogP contribution in [0.3, 0.4) is 0 Å². The lowest BCUT2D eigenvalue weighted by Crippen LogP contribution is -2.18. The number of carbonyl (C=O) groups excluding carboxylic acids is 1. The Kier molecular flexibility index (Phi) is 5.36. The number of aromatic nitrogens is 1. The minimum absolute atomic E-state index is 0.208. The monoisotopic (exact) mass is 474 g/mol. The molecule has 1 aromatic carbocycles. The van der Waals surface area contributed by atoms with E-state index in [-0.39, 0.29) is 11.5 Å². The van der Waals surface area contributed by atoms with Gasteiger partial charge in [-0.25, -0.2) is 4.79 Å². The molecule has 1 aliphatic carbocycles. The number of carbonyl (C=O) groups is 2. The molecule has 2 N–H and O–H groups in total. The fraction of sp³-hybridized carbons (Fsp3) is 0.269. The number of rotatable bonds is 5. The zero-order valence-electron chi connectivity index (χ0n) is 19.3. The Morgan fingerprint density at radius 2 is 1.94 bits per heavy atom. The van der Waals surface area contributed by atoms with Gasteiger partial charge >= 0.3 is 12.1 Å². The number of carboxylic acid groups (broad SMARTS) is 1. The molecule has 0 spiro atoms. The number of hydrogen-bond acceptors (Lipinski definition) is 7. The van der Waals surface area contributed by atoms with Gasteiger partial charge in [0.25, 0.3) is 5.78 Å². The van der Waals surface area contributed by atoms with Crippen LogP contribution >= 0.6 is 0 Å². The predicted octanol–water partition coefficient (Wildman–Crippen LogP) is 5.46. The first-order valence-corrected chi connectivity index (χ1v) is 11.1. The molecule has 4 aromatic rings. The summed E-state index contributed by atoms with van der Waals surface area (Å²) < 4.78 is 21.9. The van der Waals surface area contributed by atoms with Crippen LogP contribution in [0.1, 0.15) is 60.0 Å². The molecule has 0 aliphatic heterocycles. The number of amides is 1. The van der Waals surface area contributed by atoms with E-state index in [9.17, 15) is 14.7 Å². The van der Waals surface area contributed by atoms with E-state index < -0.39 is 23.6 Å².